The Morgan fingerprint density at radius 1 is 0.875 bits per heavy atom. The summed E-state index contributed by atoms with van der Waals surface area (Å²) >= 11 is 1.41. The fourth-order valence-electron chi connectivity index (χ4n) is 2.79. The Morgan fingerprint density at radius 3 is 2.16 bits per heavy atom. The van der Waals surface area contributed by atoms with Crippen molar-refractivity contribution < 1.29 is 17.9 Å². The van der Waals surface area contributed by atoms with Crippen LogP contribution in [-0.2, 0) is 21.4 Å². The van der Waals surface area contributed by atoms with Gasteiger partial charge in [-0.1, -0.05) is 36.4 Å². The number of hydrogen-bond donors (Lipinski definition) is 2. The van der Waals surface area contributed by atoms with Crippen LogP contribution in [0.1, 0.15) is 16.1 Å². The standard InChI is InChI=1S/C23H19N3O4S2/c27-22(30-15-20-16-31-23(25-20)24-18-7-3-1-4-8-18)17-11-13-21(14-12-17)32(28,29)26-19-9-5-2-6-10-19/h1-14,16,26H,15H2,(H,24,25). The van der Waals surface area contributed by atoms with Crippen molar-refractivity contribution in [2.24, 2.45) is 0 Å². The van der Waals surface area contributed by atoms with E-state index in [2.05, 4.69) is 15.0 Å². The second-order valence-electron chi connectivity index (χ2n) is 6.71. The SMILES string of the molecule is O=C(OCc1csc(Nc2ccccc2)n1)c1ccc(S(=O)(=O)Nc2ccccc2)cc1. The first-order valence-corrected chi connectivity index (χ1v) is 12.0. The zero-order valence-corrected chi connectivity index (χ0v) is 18.4. The number of carbonyl (C=O) groups excluding carboxylic acids is 1. The highest BCUT2D eigenvalue weighted by Gasteiger charge is 2.16. The number of sulfonamides is 1. The molecule has 3 aromatic carbocycles. The van der Waals surface area contributed by atoms with E-state index in [4.69, 9.17) is 4.74 Å². The Kier molecular flexibility index (Phi) is 6.48. The Morgan fingerprint density at radius 2 is 1.50 bits per heavy atom. The molecule has 162 valence electrons. The molecular formula is C23H19N3O4S2. The minimum Gasteiger partial charge on any atom is -0.456 e. The predicted octanol–water partition coefficient (Wildman–Crippen LogP) is 5.04. The molecule has 0 atom stereocenters. The van der Waals surface area contributed by atoms with Gasteiger partial charge in [0.05, 0.1) is 16.2 Å². The summed E-state index contributed by atoms with van der Waals surface area (Å²) in [6.45, 7) is 0.0153. The van der Waals surface area contributed by atoms with E-state index in [0.717, 1.165) is 5.69 Å². The van der Waals surface area contributed by atoms with Gasteiger partial charge in [-0.15, -0.1) is 11.3 Å². The summed E-state index contributed by atoms with van der Waals surface area (Å²) < 4.78 is 32.8. The summed E-state index contributed by atoms with van der Waals surface area (Å²) in [6.07, 6.45) is 0. The van der Waals surface area contributed by atoms with Gasteiger partial charge < -0.3 is 10.1 Å². The monoisotopic (exact) mass is 465 g/mol. The summed E-state index contributed by atoms with van der Waals surface area (Å²) in [5.74, 6) is -0.560. The lowest BCUT2D eigenvalue weighted by Crippen LogP contribution is -2.13. The van der Waals surface area contributed by atoms with Crippen LogP contribution in [0.5, 0.6) is 0 Å². The van der Waals surface area contributed by atoms with E-state index < -0.39 is 16.0 Å². The van der Waals surface area contributed by atoms with Crippen LogP contribution in [0.25, 0.3) is 0 Å². The normalized spacial score (nSPS) is 11.0. The molecule has 0 fully saturated rings. The van der Waals surface area contributed by atoms with Gasteiger partial charge in [0.25, 0.3) is 10.0 Å². The smallest absolute Gasteiger partial charge is 0.338 e. The topological polar surface area (TPSA) is 97.4 Å². The van der Waals surface area contributed by atoms with Gasteiger partial charge in [0.1, 0.15) is 6.61 Å². The van der Waals surface area contributed by atoms with Gasteiger partial charge >= 0.3 is 5.97 Å². The van der Waals surface area contributed by atoms with Crippen LogP contribution in [0.3, 0.4) is 0 Å². The van der Waals surface area contributed by atoms with Crippen molar-refractivity contribution in [3.05, 3.63) is 102 Å². The largest absolute Gasteiger partial charge is 0.456 e. The molecular weight excluding hydrogens is 446 g/mol. The molecule has 0 aliphatic carbocycles. The van der Waals surface area contributed by atoms with Crippen LogP contribution >= 0.6 is 11.3 Å². The van der Waals surface area contributed by atoms with E-state index in [0.29, 0.717) is 16.5 Å². The van der Waals surface area contributed by atoms with Crippen molar-refractivity contribution in [1.82, 2.24) is 4.98 Å². The third-order valence-corrected chi connectivity index (χ3v) is 6.56. The number of para-hydroxylation sites is 2. The van der Waals surface area contributed by atoms with Crippen LogP contribution in [0.4, 0.5) is 16.5 Å². The molecule has 0 saturated carbocycles. The van der Waals surface area contributed by atoms with Crippen LogP contribution in [0, 0.1) is 0 Å². The lowest BCUT2D eigenvalue weighted by atomic mass is 10.2. The summed E-state index contributed by atoms with van der Waals surface area (Å²) in [5, 5.41) is 5.69. The first-order valence-electron chi connectivity index (χ1n) is 9.61. The number of esters is 1. The summed E-state index contributed by atoms with van der Waals surface area (Å²) in [4.78, 5) is 16.8. The minimum atomic E-state index is -3.75. The van der Waals surface area contributed by atoms with E-state index in [1.807, 2.05) is 35.7 Å². The van der Waals surface area contributed by atoms with Crippen molar-refractivity contribution >= 4 is 43.8 Å². The molecule has 4 rings (SSSR count). The Hall–Kier alpha value is -3.69. The zero-order valence-electron chi connectivity index (χ0n) is 16.8. The third kappa shape index (κ3) is 5.51. The number of rotatable bonds is 8. The average molecular weight is 466 g/mol. The molecule has 0 spiro atoms. The van der Waals surface area contributed by atoms with Gasteiger partial charge in [-0.25, -0.2) is 18.2 Å². The van der Waals surface area contributed by atoms with Crippen molar-refractivity contribution in [3.63, 3.8) is 0 Å². The molecule has 4 aromatic rings. The molecule has 0 bridgehead atoms. The van der Waals surface area contributed by atoms with E-state index >= 15 is 0 Å². The van der Waals surface area contributed by atoms with Crippen molar-refractivity contribution in [3.8, 4) is 0 Å². The van der Waals surface area contributed by atoms with Gasteiger partial charge in [-0.3, -0.25) is 4.72 Å². The Balaban J connectivity index is 1.34. The lowest BCUT2D eigenvalue weighted by Gasteiger charge is -2.08. The number of hydrogen-bond acceptors (Lipinski definition) is 7. The maximum absolute atomic E-state index is 12.5. The van der Waals surface area contributed by atoms with Crippen molar-refractivity contribution in [2.75, 3.05) is 10.0 Å². The van der Waals surface area contributed by atoms with E-state index in [-0.39, 0.29) is 17.1 Å². The molecule has 0 aliphatic heterocycles. The maximum atomic E-state index is 12.5. The molecule has 7 nitrogen and oxygen atoms in total. The average Bonchev–Trinajstić information content (AvgIpc) is 3.26. The first kappa shape index (κ1) is 21.5. The van der Waals surface area contributed by atoms with Crippen molar-refractivity contribution in [2.45, 2.75) is 11.5 Å². The first-order chi connectivity index (χ1) is 15.5. The van der Waals surface area contributed by atoms with Gasteiger partial charge in [0.2, 0.25) is 0 Å². The number of carbonyl (C=O) groups is 1. The maximum Gasteiger partial charge on any atom is 0.338 e. The second-order valence-corrected chi connectivity index (χ2v) is 9.25. The molecule has 0 aliphatic rings. The van der Waals surface area contributed by atoms with Gasteiger partial charge in [-0.2, -0.15) is 0 Å². The van der Waals surface area contributed by atoms with E-state index in [1.54, 1.807) is 30.3 Å². The molecule has 2 N–H and O–H groups in total. The fraction of sp³-hybridized carbons (Fsp3) is 0.0435. The molecule has 9 heteroatoms. The van der Waals surface area contributed by atoms with Crippen LogP contribution in [0.2, 0.25) is 0 Å². The van der Waals surface area contributed by atoms with Crippen LogP contribution in [-0.4, -0.2) is 19.4 Å². The number of nitrogens with one attached hydrogen (secondary N) is 2. The zero-order chi connectivity index (χ0) is 22.4. The highest BCUT2D eigenvalue weighted by molar-refractivity contribution is 7.92. The molecule has 0 amide bonds. The number of ether oxygens (including phenoxy) is 1. The molecule has 0 saturated heterocycles. The van der Waals surface area contributed by atoms with Crippen molar-refractivity contribution in [1.29, 1.82) is 0 Å². The predicted molar refractivity (Wildman–Crippen MR) is 125 cm³/mol. The Labute approximate surface area is 189 Å². The highest BCUT2D eigenvalue weighted by atomic mass is 32.2. The fourth-order valence-corrected chi connectivity index (χ4v) is 4.56. The minimum absolute atomic E-state index is 0.0153. The number of benzene rings is 3. The summed E-state index contributed by atoms with van der Waals surface area (Å²) in [7, 11) is -3.75. The number of thiazole rings is 1. The second kappa shape index (κ2) is 9.63. The number of aromatic nitrogens is 1. The molecule has 0 radical (unpaired) electrons. The highest BCUT2D eigenvalue weighted by Crippen LogP contribution is 2.21. The molecule has 1 heterocycles. The summed E-state index contributed by atoms with van der Waals surface area (Å²) in [5.41, 5.74) is 2.25. The van der Waals surface area contributed by atoms with Gasteiger partial charge in [-0.05, 0) is 48.5 Å². The summed E-state index contributed by atoms with van der Waals surface area (Å²) in [6, 6.07) is 23.8. The van der Waals surface area contributed by atoms with E-state index in [1.165, 1.54) is 35.6 Å². The molecule has 0 unspecified atom stereocenters. The number of nitrogens with zero attached hydrogens (tertiary/aromatic N) is 1. The van der Waals surface area contributed by atoms with Crippen LogP contribution in [0.15, 0.2) is 95.2 Å². The van der Waals surface area contributed by atoms with Gasteiger partial charge in [0, 0.05) is 16.8 Å². The quantitative estimate of drug-likeness (QED) is 0.354. The van der Waals surface area contributed by atoms with E-state index in [9.17, 15) is 13.2 Å². The lowest BCUT2D eigenvalue weighted by molar-refractivity contribution is 0.0468. The molecule has 1 aromatic heterocycles. The van der Waals surface area contributed by atoms with Gasteiger partial charge in [0.15, 0.2) is 5.13 Å². The van der Waals surface area contributed by atoms with Crippen LogP contribution < -0.4 is 10.0 Å². The Bertz CT molecular complexity index is 1290. The third-order valence-electron chi connectivity index (χ3n) is 4.35. The number of anilines is 3. The molecule has 32 heavy (non-hydrogen) atoms.